The van der Waals surface area contributed by atoms with Crippen LogP contribution in [0.25, 0.3) is 0 Å². The molecule has 0 amide bonds. The Hall–Kier alpha value is -0.570. The number of benzene rings is 1. The van der Waals surface area contributed by atoms with Crippen molar-refractivity contribution in [2.75, 3.05) is 20.3 Å². The zero-order valence-corrected chi connectivity index (χ0v) is 12.3. The van der Waals surface area contributed by atoms with Gasteiger partial charge in [0.05, 0.1) is 0 Å². The molecule has 0 aromatic heterocycles. The predicted molar refractivity (Wildman–Crippen MR) is 78.3 cm³/mol. The number of likely N-dealkylation sites (N-methyl/N-ethyl adjacent to an activating group) is 1. The molecule has 0 spiro atoms. The second-order valence-electron chi connectivity index (χ2n) is 4.72. The minimum atomic E-state index is 0.449. The largest absolute Gasteiger partial charge is 0.385 e. The molecule has 2 unspecified atom stereocenters. The first-order valence-corrected chi connectivity index (χ1v) is 7.02. The molecule has 1 aromatic rings. The maximum Gasteiger partial charge on any atom is 0.0465 e. The molecule has 102 valence electrons. The summed E-state index contributed by atoms with van der Waals surface area (Å²) in [5, 5.41) is 4.41. The van der Waals surface area contributed by atoms with Crippen molar-refractivity contribution in [3.05, 3.63) is 34.9 Å². The highest BCUT2D eigenvalue weighted by Gasteiger charge is 2.17. The molecule has 2 atom stereocenters. The van der Waals surface area contributed by atoms with Crippen molar-refractivity contribution in [2.24, 2.45) is 5.92 Å². The number of hydrogen-bond donors (Lipinski definition) is 1. The van der Waals surface area contributed by atoms with Crippen LogP contribution in [0, 0.1) is 5.92 Å². The summed E-state index contributed by atoms with van der Waals surface area (Å²) in [5.41, 5.74) is 1.22. The van der Waals surface area contributed by atoms with Crippen molar-refractivity contribution in [2.45, 2.75) is 32.7 Å². The molecule has 0 bridgehead atoms. The molecular formula is C15H24ClNO. The lowest BCUT2D eigenvalue weighted by Crippen LogP contribution is -2.37. The first-order chi connectivity index (χ1) is 8.69. The Labute approximate surface area is 116 Å². The van der Waals surface area contributed by atoms with Crippen LogP contribution in [0.15, 0.2) is 24.3 Å². The molecule has 1 N–H and O–H groups in total. The lowest BCUT2D eigenvalue weighted by molar-refractivity contribution is 0.170. The average molecular weight is 270 g/mol. The smallest absolute Gasteiger partial charge is 0.0465 e. The molecule has 0 heterocycles. The molecule has 1 rings (SSSR count). The third-order valence-electron chi connectivity index (χ3n) is 3.33. The van der Waals surface area contributed by atoms with E-state index >= 15 is 0 Å². The van der Waals surface area contributed by atoms with Crippen LogP contribution in [0.2, 0.25) is 5.02 Å². The Kier molecular flexibility index (Phi) is 7.33. The van der Waals surface area contributed by atoms with Crippen LogP contribution in [0.1, 0.15) is 25.8 Å². The van der Waals surface area contributed by atoms with E-state index in [2.05, 4.69) is 25.2 Å². The maximum atomic E-state index is 6.23. The molecule has 0 saturated carbocycles. The van der Waals surface area contributed by atoms with Crippen molar-refractivity contribution in [1.82, 2.24) is 5.32 Å². The second-order valence-corrected chi connectivity index (χ2v) is 5.13. The lowest BCUT2D eigenvalue weighted by Gasteiger charge is -2.25. The second kappa shape index (κ2) is 8.52. The minimum absolute atomic E-state index is 0.449. The van der Waals surface area contributed by atoms with Crippen LogP contribution in [0.4, 0.5) is 0 Å². The van der Waals surface area contributed by atoms with Gasteiger partial charge in [0, 0.05) is 24.8 Å². The highest BCUT2D eigenvalue weighted by Crippen LogP contribution is 2.20. The normalized spacial score (nSPS) is 14.4. The van der Waals surface area contributed by atoms with E-state index < -0.39 is 0 Å². The number of rotatable bonds is 8. The quantitative estimate of drug-likeness (QED) is 0.780. The highest BCUT2D eigenvalue weighted by molar-refractivity contribution is 6.31. The summed E-state index contributed by atoms with van der Waals surface area (Å²) in [6, 6.07) is 8.53. The molecule has 0 saturated heterocycles. The van der Waals surface area contributed by atoms with Crippen LogP contribution in [0.5, 0.6) is 0 Å². The molecule has 1 aromatic carbocycles. The molecular weight excluding hydrogens is 246 g/mol. The van der Waals surface area contributed by atoms with E-state index in [0.29, 0.717) is 12.0 Å². The van der Waals surface area contributed by atoms with Gasteiger partial charge < -0.3 is 10.1 Å². The van der Waals surface area contributed by atoms with Crippen molar-refractivity contribution < 1.29 is 4.74 Å². The third-order valence-corrected chi connectivity index (χ3v) is 3.70. The number of ether oxygens (including phenoxy) is 1. The lowest BCUT2D eigenvalue weighted by atomic mass is 9.92. The van der Waals surface area contributed by atoms with E-state index in [4.69, 9.17) is 16.3 Å². The SMILES string of the molecule is CCNC(Cc1ccccc1Cl)C(C)CCOC. The van der Waals surface area contributed by atoms with Gasteiger partial charge in [-0.1, -0.05) is 43.6 Å². The standard InChI is InChI=1S/C15H24ClNO/c1-4-17-15(12(2)9-10-18-3)11-13-7-5-6-8-14(13)16/h5-8,12,15,17H,4,9-11H2,1-3H3. The Morgan fingerprint density at radius 1 is 1.33 bits per heavy atom. The van der Waals surface area contributed by atoms with Crippen molar-refractivity contribution in [3.63, 3.8) is 0 Å². The number of nitrogens with one attached hydrogen (secondary N) is 1. The summed E-state index contributed by atoms with van der Waals surface area (Å²) in [7, 11) is 1.75. The fourth-order valence-electron chi connectivity index (χ4n) is 2.14. The third kappa shape index (κ3) is 4.97. The Morgan fingerprint density at radius 3 is 2.67 bits per heavy atom. The van der Waals surface area contributed by atoms with E-state index in [0.717, 1.165) is 31.0 Å². The summed E-state index contributed by atoms with van der Waals surface area (Å²) >= 11 is 6.23. The molecule has 2 nitrogen and oxygen atoms in total. The molecule has 0 aliphatic heterocycles. The van der Waals surface area contributed by atoms with Crippen molar-refractivity contribution >= 4 is 11.6 Å². The zero-order valence-electron chi connectivity index (χ0n) is 11.6. The fourth-order valence-corrected chi connectivity index (χ4v) is 2.36. The predicted octanol–water partition coefficient (Wildman–Crippen LogP) is 3.53. The van der Waals surface area contributed by atoms with Gasteiger partial charge in [0.2, 0.25) is 0 Å². The molecule has 0 aliphatic carbocycles. The number of hydrogen-bond acceptors (Lipinski definition) is 2. The van der Waals surface area contributed by atoms with Crippen molar-refractivity contribution in [3.8, 4) is 0 Å². The Morgan fingerprint density at radius 2 is 2.06 bits per heavy atom. The zero-order chi connectivity index (χ0) is 13.4. The van der Waals surface area contributed by atoms with Gasteiger partial charge in [-0.3, -0.25) is 0 Å². The number of methoxy groups -OCH3 is 1. The summed E-state index contributed by atoms with van der Waals surface area (Å²) in [6.45, 7) is 6.20. The molecule has 0 radical (unpaired) electrons. The topological polar surface area (TPSA) is 21.3 Å². The molecule has 18 heavy (non-hydrogen) atoms. The van der Waals surface area contributed by atoms with Crippen LogP contribution in [-0.2, 0) is 11.2 Å². The molecule has 0 fully saturated rings. The monoisotopic (exact) mass is 269 g/mol. The first-order valence-electron chi connectivity index (χ1n) is 6.64. The molecule has 3 heteroatoms. The van der Waals surface area contributed by atoms with Gasteiger partial charge >= 0.3 is 0 Å². The van der Waals surface area contributed by atoms with Gasteiger partial charge in [0.1, 0.15) is 0 Å². The number of halogens is 1. The Bertz CT molecular complexity index is 343. The summed E-state index contributed by atoms with van der Waals surface area (Å²) in [4.78, 5) is 0. The maximum absolute atomic E-state index is 6.23. The van der Waals surface area contributed by atoms with Gasteiger partial charge in [-0.25, -0.2) is 0 Å². The van der Waals surface area contributed by atoms with Crippen LogP contribution >= 0.6 is 11.6 Å². The summed E-state index contributed by atoms with van der Waals surface area (Å²) < 4.78 is 5.16. The van der Waals surface area contributed by atoms with Gasteiger partial charge in [-0.15, -0.1) is 0 Å². The van der Waals surface area contributed by atoms with E-state index in [9.17, 15) is 0 Å². The molecule has 0 aliphatic rings. The fraction of sp³-hybridized carbons (Fsp3) is 0.600. The van der Waals surface area contributed by atoms with Gasteiger partial charge in [0.25, 0.3) is 0 Å². The van der Waals surface area contributed by atoms with E-state index in [1.165, 1.54) is 5.56 Å². The van der Waals surface area contributed by atoms with Crippen molar-refractivity contribution in [1.29, 1.82) is 0 Å². The first kappa shape index (κ1) is 15.5. The Balaban J connectivity index is 2.64. The van der Waals surface area contributed by atoms with E-state index in [1.807, 2.05) is 18.2 Å². The summed E-state index contributed by atoms with van der Waals surface area (Å²) in [5.74, 6) is 0.571. The van der Waals surface area contributed by atoms with Crippen LogP contribution < -0.4 is 5.32 Å². The highest BCUT2D eigenvalue weighted by atomic mass is 35.5. The van der Waals surface area contributed by atoms with E-state index in [-0.39, 0.29) is 0 Å². The van der Waals surface area contributed by atoms with Gasteiger partial charge in [0.15, 0.2) is 0 Å². The van der Waals surface area contributed by atoms with Gasteiger partial charge in [-0.05, 0) is 36.9 Å². The van der Waals surface area contributed by atoms with Gasteiger partial charge in [-0.2, -0.15) is 0 Å². The van der Waals surface area contributed by atoms with Crippen LogP contribution in [0.3, 0.4) is 0 Å². The summed E-state index contributed by atoms with van der Waals surface area (Å²) in [6.07, 6.45) is 2.04. The van der Waals surface area contributed by atoms with E-state index in [1.54, 1.807) is 7.11 Å². The minimum Gasteiger partial charge on any atom is -0.385 e. The average Bonchev–Trinajstić information content (AvgIpc) is 2.38. The van der Waals surface area contributed by atoms with Crippen LogP contribution in [-0.4, -0.2) is 26.3 Å².